The van der Waals surface area contributed by atoms with Crippen LogP contribution in [-0.4, -0.2) is 17.0 Å². The van der Waals surface area contributed by atoms with Gasteiger partial charge in [0.15, 0.2) is 0 Å². The van der Waals surface area contributed by atoms with Crippen LogP contribution in [0.15, 0.2) is 42.7 Å². The van der Waals surface area contributed by atoms with Crippen molar-refractivity contribution < 1.29 is 0 Å². The van der Waals surface area contributed by atoms with Gasteiger partial charge in [-0.25, -0.2) is 9.97 Å². The Bertz CT molecular complexity index is 496. The van der Waals surface area contributed by atoms with Crippen molar-refractivity contribution >= 4 is 0 Å². The van der Waals surface area contributed by atoms with Gasteiger partial charge in [0.1, 0.15) is 6.33 Å². The minimum absolute atomic E-state index is 0.297. The van der Waals surface area contributed by atoms with Crippen molar-refractivity contribution in [2.75, 3.05) is 7.05 Å². The lowest BCUT2D eigenvalue weighted by Crippen LogP contribution is -2.19. The molecule has 2 aromatic rings. The van der Waals surface area contributed by atoms with Crippen LogP contribution in [0.2, 0.25) is 0 Å². The van der Waals surface area contributed by atoms with E-state index in [2.05, 4.69) is 52.5 Å². The smallest absolute Gasteiger partial charge is 0.115 e. The first-order chi connectivity index (χ1) is 9.33. The van der Waals surface area contributed by atoms with Crippen molar-refractivity contribution in [2.24, 2.45) is 0 Å². The number of rotatable bonds is 6. The van der Waals surface area contributed by atoms with Crippen LogP contribution in [0.5, 0.6) is 0 Å². The molecule has 100 valence electrons. The summed E-state index contributed by atoms with van der Waals surface area (Å²) >= 11 is 0. The molecule has 1 unspecified atom stereocenters. The van der Waals surface area contributed by atoms with Crippen molar-refractivity contribution in [3.63, 3.8) is 0 Å². The molecule has 19 heavy (non-hydrogen) atoms. The van der Waals surface area contributed by atoms with Gasteiger partial charge < -0.3 is 5.32 Å². The second-order valence-corrected chi connectivity index (χ2v) is 4.71. The number of hydrogen-bond donors (Lipinski definition) is 1. The van der Waals surface area contributed by atoms with E-state index < -0.39 is 0 Å². The summed E-state index contributed by atoms with van der Waals surface area (Å²) in [5.74, 6) is 0. The lowest BCUT2D eigenvalue weighted by atomic mass is 10.0. The van der Waals surface area contributed by atoms with E-state index in [-0.39, 0.29) is 0 Å². The summed E-state index contributed by atoms with van der Waals surface area (Å²) in [7, 11) is 1.99. The summed E-state index contributed by atoms with van der Waals surface area (Å²) < 4.78 is 0. The fourth-order valence-corrected chi connectivity index (χ4v) is 2.23. The zero-order chi connectivity index (χ0) is 13.5. The Hall–Kier alpha value is -1.74. The molecule has 0 aliphatic carbocycles. The van der Waals surface area contributed by atoms with Gasteiger partial charge in [0, 0.05) is 23.9 Å². The van der Waals surface area contributed by atoms with Gasteiger partial charge in [0.2, 0.25) is 0 Å². The van der Waals surface area contributed by atoms with Crippen molar-refractivity contribution in [3.05, 3.63) is 59.7 Å². The average molecular weight is 255 g/mol. The Morgan fingerprint density at radius 2 is 1.84 bits per heavy atom. The van der Waals surface area contributed by atoms with Gasteiger partial charge in [-0.05, 0) is 25.1 Å². The van der Waals surface area contributed by atoms with E-state index in [4.69, 9.17) is 0 Å². The van der Waals surface area contributed by atoms with E-state index in [0.29, 0.717) is 6.04 Å². The molecule has 1 heterocycles. The van der Waals surface area contributed by atoms with Gasteiger partial charge in [-0.3, -0.25) is 0 Å². The fraction of sp³-hybridized carbons (Fsp3) is 0.375. The summed E-state index contributed by atoms with van der Waals surface area (Å²) in [5.41, 5.74) is 3.53. The average Bonchev–Trinajstić information content (AvgIpc) is 2.46. The van der Waals surface area contributed by atoms with E-state index >= 15 is 0 Å². The Morgan fingerprint density at radius 3 is 2.53 bits per heavy atom. The summed E-state index contributed by atoms with van der Waals surface area (Å²) in [4.78, 5) is 8.69. The molecular formula is C16H21N3. The van der Waals surface area contributed by atoms with Crippen molar-refractivity contribution in [3.8, 4) is 0 Å². The van der Waals surface area contributed by atoms with Gasteiger partial charge in [0.25, 0.3) is 0 Å². The minimum atomic E-state index is 0.297. The van der Waals surface area contributed by atoms with Gasteiger partial charge in [0.05, 0.1) is 0 Å². The molecule has 0 fully saturated rings. The Kier molecular flexibility index (Phi) is 5.04. The van der Waals surface area contributed by atoms with Gasteiger partial charge in [-0.2, -0.15) is 0 Å². The molecule has 2 rings (SSSR count). The van der Waals surface area contributed by atoms with Gasteiger partial charge >= 0.3 is 0 Å². The quantitative estimate of drug-likeness (QED) is 0.862. The maximum atomic E-state index is 4.38. The molecule has 0 amide bonds. The first-order valence-corrected chi connectivity index (χ1v) is 6.85. The van der Waals surface area contributed by atoms with E-state index in [0.717, 1.165) is 30.7 Å². The molecule has 0 saturated carbocycles. The van der Waals surface area contributed by atoms with Gasteiger partial charge in [-0.1, -0.05) is 43.7 Å². The van der Waals surface area contributed by atoms with Crippen LogP contribution in [0, 0.1) is 0 Å². The van der Waals surface area contributed by atoms with E-state index in [1.807, 2.05) is 13.1 Å². The number of nitrogens with one attached hydrogen (secondary N) is 1. The number of aromatic nitrogens is 2. The Morgan fingerprint density at radius 1 is 1.11 bits per heavy atom. The maximum absolute atomic E-state index is 4.38. The zero-order valence-corrected chi connectivity index (χ0v) is 11.6. The summed E-state index contributed by atoms with van der Waals surface area (Å²) in [5, 5.41) is 3.36. The zero-order valence-electron chi connectivity index (χ0n) is 11.6. The predicted octanol–water partition coefficient (Wildman–Crippen LogP) is 2.93. The lowest BCUT2D eigenvalue weighted by Gasteiger charge is -2.16. The Labute approximate surface area is 115 Å². The maximum Gasteiger partial charge on any atom is 0.115 e. The van der Waals surface area contributed by atoms with Gasteiger partial charge in [-0.15, -0.1) is 0 Å². The highest BCUT2D eigenvalue weighted by Crippen LogP contribution is 2.17. The fourth-order valence-electron chi connectivity index (χ4n) is 2.23. The number of hydrogen-bond acceptors (Lipinski definition) is 3. The summed E-state index contributed by atoms with van der Waals surface area (Å²) in [6, 6.07) is 12.9. The van der Waals surface area contributed by atoms with Crippen LogP contribution in [0.3, 0.4) is 0 Å². The van der Waals surface area contributed by atoms with Crippen molar-refractivity contribution in [1.29, 1.82) is 0 Å². The van der Waals surface area contributed by atoms with Crippen LogP contribution in [-0.2, 0) is 12.8 Å². The molecule has 1 aromatic heterocycles. The normalized spacial score (nSPS) is 12.3. The molecule has 3 heteroatoms. The summed E-state index contributed by atoms with van der Waals surface area (Å²) in [6.07, 6.45) is 4.70. The van der Waals surface area contributed by atoms with Crippen LogP contribution in [0.4, 0.5) is 0 Å². The minimum Gasteiger partial charge on any atom is -0.313 e. The van der Waals surface area contributed by atoms with E-state index in [1.54, 1.807) is 6.33 Å². The Balaban J connectivity index is 2.12. The monoisotopic (exact) mass is 255 g/mol. The number of aryl methyl sites for hydroxylation is 1. The van der Waals surface area contributed by atoms with Crippen LogP contribution in [0.25, 0.3) is 0 Å². The molecule has 1 aromatic carbocycles. The number of benzene rings is 1. The predicted molar refractivity (Wildman–Crippen MR) is 78.0 cm³/mol. The topological polar surface area (TPSA) is 37.8 Å². The molecule has 0 radical (unpaired) electrons. The largest absolute Gasteiger partial charge is 0.313 e. The molecule has 0 spiro atoms. The highest BCUT2D eigenvalue weighted by atomic mass is 14.9. The molecule has 0 bridgehead atoms. The third kappa shape index (κ3) is 3.86. The second-order valence-electron chi connectivity index (χ2n) is 4.71. The first kappa shape index (κ1) is 13.7. The summed E-state index contributed by atoms with van der Waals surface area (Å²) in [6.45, 7) is 2.17. The van der Waals surface area contributed by atoms with E-state index in [9.17, 15) is 0 Å². The van der Waals surface area contributed by atoms with Crippen molar-refractivity contribution in [2.45, 2.75) is 32.2 Å². The molecule has 3 nitrogen and oxygen atoms in total. The van der Waals surface area contributed by atoms with Crippen LogP contribution >= 0.6 is 0 Å². The standard InChI is InChI=1S/C16H21N3/c1-3-7-14-10-15(19-12-18-14)11-16(17-2)13-8-5-4-6-9-13/h4-6,8-10,12,16-17H,3,7,11H2,1-2H3. The molecule has 0 aliphatic heterocycles. The molecule has 1 N–H and O–H groups in total. The third-order valence-corrected chi connectivity index (χ3v) is 3.25. The molecule has 1 atom stereocenters. The van der Waals surface area contributed by atoms with E-state index in [1.165, 1.54) is 5.56 Å². The SMILES string of the molecule is CCCc1cc(CC(NC)c2ccccc2)ncn1. The van der Waals surface area contributed by atoms with Crippen LogP contribution < -0.4 is 5.32 Å². The molecule has 0 aliphatic rings. The molecule has 0 saturated heterocycles. The highest BCUT2D eigenvalue weighted by molar-refractivity contribution is 5.21. The highest BCUT2D eigenvalue weighted by Gasteiger charge is 2.10. The number of nitrogens with zero attached hydrogens (tertiary/aromatic N) is 2. The molecular weight excluding hydrogens is 234 g/mol. The third-order valence-electron chi connectivity index (χ3n) is 3.25. The van der Waals surface area contributed by atoms with Crippen LogP contribution in [0.1, 0.15) is 36.3 Å². The number of likely N-dealkylation sites (N-methyl/N-ethyl adjacent to an activating group) is 1. The second kappa shape index (κ2) is 7.00. The van der Waals surface area contributed by atoms with Crippen molar-refractivity contribution in [1.82, 2.24) is 15.3 Å². The first-order valence-electron chi connectivity index (χ1n) is 6.85. The lowest BCUT2D eigenvalue weighted by molar-refractivity contribution is 0.582.